The second-order valence-electron chi connectivity index (χ2n) is 5.90. The fourth-order valence-electron chi connectivity index (χ4n) is 3.02. The molecule has 134 valence electrons. The van der Waals surface area contributed by atoms with Gasteiger partial charge in [0.25, 0.3) is 5.91 Å². The lowest BCUT2D eigenvalue weighted by Gasteiger charge is -2.12. The van der Waals surface area contributed by atoms with E-state index in [1.807, 2.05) is 18.2 Å². The third-order valence-corrected chi connectivity index (χ3v) is 5.18. The van der Waals surface area contributed by atoms with Gasteiger partial charge in [-0.3, -0.25) is 9.79 Å². The van der Waals surface area contributed by atoms with Gasteiger partial charge in [-0.15, -0.1) is 0 Å². The maximum absolute atomic E-state index is 12.2. The smallest absolute Gasteiger partial charge is 0.264 e. The Hall–Kier alpha value is -2.15. The minimum atomic E-state index is -0.129. The van der Waals surface area contributed by atoms with Crippen molar-refractivity contribution in [3.05, 3.63) is 22.6 Å². The molecule has 1 amide bonds. The number of thioether (sulfide) groups is 1. The van der Waals surface area contributed by atoms with Crippen LogP contribution in [0.15, 0.2) is 22.0 Å². The van der Waals surface area contributed by atoms with Gasteiger partial charge in [-0.25, -0.2) is 0 Å². The van der Waals surface area contributed by atoms with Crippen LogP contribution in [-0.4, -0.2) is 38.4 Å². The molecule has 1 N–H and O–H groups in total. The van der Waals surface area contributed by atoms with Gasteiger partial charge in [-0.05, 0) is 48.4 Å². The number of carbonyl (C=O) groups is 1. The molecular formula is C18H22N2O4S. The zero-order valence-corrected chi connectivity index (χ0v) is 15.4. The highest BCUT2D eigenvalue weighted by Crippen LogP contribution is 2.39. The van der Waals surface area contributed by atoms with Crippen LogP contribution in [0.5, 0.6) is 17.2 Å². The van der Waals surface area contributed by atoms with Crippen molar-refractivity contribution < 1.29 is 19.0 Å². The highest BCUT2D eigenvalue weighted by atomic mass is 32.2. The van der Waals surface area contributed by atoms with E-state index in [-0.39, 0.29) is 5.91 Å². The molecule has 1 aromatic rings. The molecule has 1 heterocycles. The molecule has 1 aliphatic carbocycles. The second-order valence-corrected chi connectivity index (χ2v) is 6.93. The lowest BCUT2D eigenvalue weighted by molar-refractivity contribution is -0.115. The predicted molar refractivity (Wildman–Crippen MR) is 99.5 cm³/mol. The minimum Gasteiger partial charge on any atom is -0.493 e. The molecule has 1 saturated carbocycles. The number of nitrogens with zero attached hydrogens (tertiary/aromatic N) is 1. The largest absolute Gasteiger partial charge is 0.493 e. The molecule has 0 spiro atoms. The Morgan fingerprint density at radius 1 is 1.12 bits per heavy atom. The molecule has 0 aromatic heterocycles. The summed E-state index contributed by atoms with van der Waals surface area (Å²) in [6.45, 7) is 0. The van der Waals surface area contributed by atoms with Crippen molar-refractivity contribution in [1.82, 2.24) is 5.32 Å². The summed E-state index contributed by atoms with van der Waals surface area (Å²) in [4.78, 5) is 17.5. The highest BCUT2D eigenvalue weighted by molar-refractivity contribution is 8.18. The van der Waals surface area contributed by atoms with Crippen molar-refractivity contribution in [2.75, 3.05) is 21.3 Å². The number of hydrogen-bond donors (Lipinski definition) is 1. The standard InChI is InChI=1S/C18H22N2O4S/c1-22-13-8-11(9-14(23-2)16(13)24-3)10-15-17(21)20-18(25-15)19-12-6-4-5-7-12/h8-10,12H,4-7H2,1-3H3,(H,19,20,21). The molecular weight excluding hydrogens is 340 g/mol. The van der Waals surface area contributed by atoms with Crippen molar-refractivity contribution in [2.24, 2.45) is 4.99 Å². The van der Waals surface area contributed by atoms with Crippen LogP contribution >= 0.6 is 11.8 Å². The van der Waals surface area contributed by atoms with Crippen molar-refractivity contribution in [1.29, 1.82) is 0 Å². The molecule has 6 nitrogen and oxygen atoms in total. The Morgan fingerprint density at radius 3 is 2.32 bits per heavy atom. The van der Waals surface area contributed by atoms with E-state index >= 15 is 0 Å². The molecule has 2 fully saturated rings. The molecule has 7 heteroatoms. The lowest BCUT2D eigenvalue weighted by Crippen LogP contribution is -2.21. The van der Waals surface area contributed by atoms with E-state index in [1.165, 1.54) is 24.6 Å². The first-order chi connectivity index (χ1) is 12.1. The topological polar surface area (TPSA) is 69.2 Å². The second kappa shape index (κ2) is 7.82. The molecule has 0 bridgehead atoms. The van der Waals surface area contributed by atoms with Gasteiger partial charge in [0.2, 0.25) is 5.75 Å². The number of rotatable bonds is 5. The third-order valence-electron chi connectivity index (χ3n) is 4.26. The number of methoxy groups -OCH3 is 3. The predicted octanol–water partition coefficient (Wildman–Crippen LogP) is 3.21. The Labute approximate surface area is 151 Å². The van der Waals surface area contributed by atoms with E-state index in [2.05, 4.69) is 10.3 Å². The van der Waals surface area contributed by atoms with Gasteiger partial charge in [0, 0.05) is 0 Å². The van der Waals surface area contributed by atoms with Crippen LogP contribution < -0.4 is 19.5 Å². The van der Waals surface area contributed by atoms with Crippen LogP contribution in [0.3, 0.4) is 0 Å². The highest BCUT2D eigenvalue weighted by Gasteiger charge is 2.26. The summed E-state index contributed by atoms with van der Waals surface area (Å²) in [6, 6.07) is 3.96. The van der Waals surface area contributed by atoms with Gasteiger partial charge in [0.1, 0.15) is 0 Å². The van der Waals surface area contributed by atoms with E-state index < -0.39 is 0 Å². The number of carbonyl (C=O) groups excluding carboxylic acids is 1. The molecule has 1 saturated heterocycles. The first kappa shape index (κ1) is 17.7. The molecule has 0 atom stereocenters. The zero-order valence-electron chi connectivity index (χ0n) is 14.6. The number of hydrogen-bond acceptors (Lipinski definition) is 6. The first-order valence-electron chi connectivity index (χ1n) is 8.23. The van der Waals surface area contributed by atoms with Crippen LogP contribution in [0.2, 0.25) is 0 Å². The first-order valence-corrected chi connectivity index (χ1v) is 9.05. The van der Waals surface area contributed by atoms with E-state index in [0.29, 0.717) is 33.4 Å². The minimum absolute atomic E-state index is 0.129. The fourth-order valence-corrected chi connectivity index (χ4v) is 3.92. The number of aliphatic imine (C=N–C) groups is 1. The summed E-state index contributed by atoms with van der Waals surface area (Å²) >= 11 is 1.37. The van der Waals surface area contributed by atoms with E-state index in [9.17, 15) is 4.79 Å². The number of benzene rings is 1. The normalized spacial score (nSPS) is 21.0. The van der Waals surface area contributed by atoms with Gasteiger partial charge >= 0.3 is 0 Å². The molecule has 0 unspecified atom stereocenters. The Balaban J connectivity index is 1.86. The summed E-state index contributed by atoms with van der Waals surface area (Å²) < 4.78 is 16.0. The van der Waals surface area contributed by atoms with E-state index in [4.69, 9.17) is 14.2 Å². The Bertz CT molecular complexity index is 699. The summed E-state index contributed by atoms with van der Waals surface area (Å²) in [7, 11) is 4.69. The Morgan fingerprint density at radius 2 is 1.76 bits per heavy atom. The molecule has 1 aromatic carbocycles. The maximum atomic E-state index is 12.2. The van der Waals surface area contributed by atoms with Crippen LogP contribution in [0.4, 0.5) is 0 Å². The van der Waals surface area contributed by atoms with Crippen LogP contribution in [-0.2, 0) is 4.79 Å². The maximum Gasteiger partial charge on any atom is 0.264 e. The molecule has 2 aliphatic rings. The van der Waals surface area contributed by atoms with Gasteiger partial charge in [-0.2, -0.15) is 0 Å². The van der Waals surface area contributed by atoms with E-state index in [0.717, 1.165) is 18.4 Å². The van der Waals surface area contributed by atoms with Crippen molar-refractivity contribution in [3.8, 4) is 17.2 Å². The summed E-state index contributed by atoms with van der Waals surface area (Å²) in [5, 5.41) is 3.54. The molecule has 3 rings (SSSR count). The van der Waals surface area contributed by atoms with Gasteiger partial charge in [0.05, 0.1) is 32.3 Å². The quantitative estimate of drug-likeness (QED) is 0.815. The summed E-state index contributed by atoms with van der Waals surface area (Å²) in [6.07, 6.45) is 6.45. The number of amides is 1. The summed E-state index contributed by atoms with van der Waals surface area (Å²) in [5.74, 6) is 1.50. The van der Waals surface area contributed by atoms with Crippen LogP contribution in [0.1, 0.15) is 31.2 Å². The number of ether oxygens (including phenoxy) is 3. The summed E-state index contributed by atoms with van der Waals surface area (Å²) in [5.41, 5.74) is 0.800. The third kappa shape index (κ3) is 3.92. The molecule has 0 radical (unpaired) electrons. The molecule has 1 aliphatic heterocycles. The van der Waals surface area contributed by atoms with Crippen LogP contribution in [0.25, 0.3) is 6.08 Å². The van der Waals surface area contributed by atoms with Crippen molar-refractivity contribution >= 4 is 28.9 Å². The zero-order chi connectivity index (χ0) is 17.8. The van der Waals surface area contributed by atoms with Gasteiger partial charge in [-0.1, -0.05) is 12.8 Å². The van der Waals surface area contributed by atoms with Gasteiger partial charge in [0.15, 0.2) is 16.7 Å². The van der Waals surface area contributed by atoms with E-state index in [1.54, 1.807) is 21.3 Å². The Kier molecular flexibility index (Phi) is 5.53. The number of nitrogens with one attached hydrogen (secondary N) is 1. The van der Waals surface area contributed by atoms with Gasteiger partial charge < -0.3 is 19.5 Å². The lowest BCUT2D eigenvalue weighted by atomic mass is 10.1. The SMILES string of the molecule is COc1cc(C=C2SC(=NC3CCCC3)NC2=O)cc(OC)c1OC. The molecule has 25 heavy (non-hydrogen) atoms. The average molecular weight is 362 g/mol. The van der Waals surface area contributed by atoms with Crippen LogP contribution in [0, 0.1) is 0 Å². The average Bonchev–Trinajstić information content (AvgIpc) is 3.24. The van der Waals surface area contributed by atoms with Crippen molar-refractivity contribution in [3.63, 3.8) is 0 Å². The number of amidine groups is 1. The van der Waals surface area contributed by atoms with Crippen molar-refractivity contribution in [2.45, 2.75) is 31.7 Å². The monoisotopic (exact) mass is 362 g/mol. The fraction of sp³-hybridized carbons (Fsp3) is 0.444.